The molecule has 0 atom stereocenters. The summed E-state index contributed by atoms with van der Waals surface area (Å²) in [7, 11) is -3.59. The maximum absolute atomic E-state index is 12.8. The molecule has 2 rings (SSSR count). The lowest BCUT2D eigenvalue weighted by Gasteiger charge is -2.26. The van der Waals surface area contributed by atoms with Gasteiger partial charge in [0.2, 0.25) is 10.0 Å². The van der Waals surface area contributed by atoms with Crippen LogP contribution in [0.3, 0.4) is 0 Å². The lowest BCUT2D eigenvalue weighted by molar-refractivity contribution is -0.142. The number of aryl methyl sites for hydroxylation is 1. The molecule has 152 valence electrons. The van der Waals surface area contributed by atoms with Gasteiger partial charge in [0.1, 0.15) is 0 Å². The zero-order valence-corrected chi connectivity index (χ0v) is 17.0. The molecule has 0 radical (unpaired) electrons. The van der Waals surface area contributed by atoms with Crippen LogP contribution in [0.15, 0.2) is 47.4 Å². The van der Waals surface area contributed by atoms with Gasteiger partial charge >= 0.3 is 5.97 Å². The van der Waals surface area contributed by atoms with Crippen molar-refractivity contribution in [2.24, 2.45) is 0 Å². The summed E-state index contributed by atoms with van der Waals surface area (Å²) in [5.74, 6) is -1.17. The summed E-state index contributed by atoms with van der Waals surface area (Å²) in [6.45, 7) is 4.13. The molecule has 1 aliphatic rings. The zero-order chi connectivity index (χ0) is 20.6. The number of hydrogen-bond donors (Lipinski definition) is 1. The standard InChI is InChI=1S/C20H26N2O5S/c1-3-4-6-9-20(24)27-15-19(23)21-18-14-17(11-10-16(18)2)28(25,26)22-12-7-5-8-13-22/h3-4,6,9-11,14H,5,7-8,12-13,15H2,1-2H3,(H,21,23)/b4-3+,9-6+. The Labute approximate surface area is 166 Å². The molecular formula is C20H26N2O5S. The van der Waals surface area contributed by atoms with Crippen LogP contribution in [0.4, 0.5) is 5.69 Å². The van der Waals surface area contributed by atoms with E-state index in [-0.39, 0.29) is 4.90 Å². The zero-order valence-electron chi connectivity index (χ0n) is 16.2. The van der Waals surface area contributed by atoms with Gasteiger partial charge in [-0.05, 0) is 44.4 Å². The van der Waals surface area contributed by atoms with E-state index in [2.05, 4.69) is 5.32 Å². The molecule has 1 aromatic carbocycles. The number of benzene rings is 1. The molecule has 0 aromatic heterocycles. The molecule has 0 unspecified atom stereocenters. The maximum Gasteiger partial charge on any atom is 0.331 e. The van der Waals surface area contributed by atoms with E-state index in [1.165, 1.54) is 22.5 Å². The quantitative estimate of drug-likeness (QED) is 0.427. The largest absolute Gasteiger partial charge is 0.452 e. The molecule has 1 amide bonds. The van der Waals surface area contributed by atoms with E-state index in [1.807, 2.05) is 6.92 Å². The Hall–Kier alpha value is -2.45. The van der Waals surface area contributed by atoms with Gasteiger partial charge in [-0.1, -0.05) is 30.7 Å². The summed E-state index contributed by atoms with van der Waals surface area (Å²) in [5, 5.41) is 2.61. The number of piperidine rings is 1. The molecule has 1 saturated heterocycles. The van der Waals surface area contributed by atoms with Crippen molar-refractivity contribution in [2.75, 3.05) is 25.0 Å². The third kappa shape index (κ3) is 6.03. The van der Waals surface area contributed by atoms with Gasteiger partial charge < -0.3 is 10.1 Å². The van der Waals surface area contributed by atoms with E-state index < -0.39 is 28.5 Å². The highest BCUT2D eigenvalue weighted by Gasteiger charge is 2.26. The predicted octanol–water partition coefficient (Wildman–Crippen LogP) is 2.78. The number of nitrogens with one attached hydrogen (secondary N) is 1. The molecule has 1 fully saturated rings. The predicted molar refractivity (Wildman–Crippen MR) is 107 cm³/mol. The lowest BCUT2D eigenvalue weighted by atomic mass is 10.2. The van der Waals surface area contributed by atoms with Crippen molar-refractivity contribution in [2.45, 2.75) is 38.0 Å². The van der Waals surface area contributed by atoms with Gasteiger partial charge in [0.25, 0.3) is 5.91 Å². The van der Waals surface area contributed by atoms with Crippen molar-refractivity contribution in [1.29, 1.82) is 0 Å². The number of rotatable bonds is 7. The van der Waals surface area contributed by atoms with Crippen molar-refractivity contribution in [1.82, 2.24) is 4.31 Å². The molecule has 0 saturated carbocycles. The van der Waals surface area contributed by atoms with Crippen LogP contribution in [-0.2, 0) is 24.3 Å². The highest BCUT2D eigenvalue weighted by atomic mass is 32.2. The third-order valence-electron chi connectivity index (χ3n) is 4.32. The van der Waals surface area contributed by atoms with Gasteiger partial charge in [0.15, 0.2) is 6.61 Å². The minimum Gasteiger partial charge on any atom is -0.452 e. The van der Waals surface area contributed by atoms with Crippen molar-refractivity contribution in [3.63, 3.8) is 0 Å². The molecular weight excluding hydrogens is 380 g/mol. The highest BCUT2D eigenvalue weighted by molar-refractivity contribution is 7.89. The van der Waals surface area contributed by atoms with Crippen molar-refractivity contribution in [3.05, 3.63) is 48.1 Å². The molecule has 8 heteroatoms. The first-order chi connectivity index (χ1) is 13.3. The molecule has 0 aliphatic carbocycles. The van der Waals surface area contributed by atoms with Gasteiger partial charge in [-0.25, -0.2) is 13.2 Å². The van der Waals surface area contributed by atoms with Crippen LogP contribution in [0.25, 0.3) is 0 Å². The molecule has 0 spiro atoms. The van der Waals surface area contributed by atoms with Crippen molar-refractivity contribution < 1.29 is 22.7 Å². The second-order valence-corrected chi connectivity index (χ2v) is 8.42. The monoisotopic (exact) mass is 406 g/mol. The first kappa shape index (κ1) is 21.8. The van der Waals surface area contributed by atoms with Crippen LogP contribution >= 0.6 is 0 Å². The number of hydrogen-bond acceptors (Lipinski definition) is 5. The Balaban J connectivity index is 2.04. The van der Waals surface area contributed by atoms with Gasteiger partial charge in [-0.2, -0.15) is 4.31 Å². The van der Waals surface area contributed by atoms with Crippen LogP contribution in [0.5, 0.6) is 0 Å². The second-order valence-electron chi connectivity index (χ2n) is 6.48. The van der Waals surface area contributed by atoms with Crippen LogP contribution in [-0.4, -0.2) is 44.3 Å². The highest BCUT2D eigenvalue weighted by Crippen LogP contribution is 2.25. The third-order valence-corrected chi connectivity index (χ3v) is 6.21. The summed E-state index contributed by atoms with van der Waals surface area (Å²) in [5.41, 5.74) is 1.09. The topological polar surface area (TPSA) is 92.8 Å². The Morgan fingerprint density at radius 3 is 2.57 bits per heavy atom. The van der Waals surface area contributed by atoms with E-state index in [1.54, 1.807) is 31.2 Å². The van der Waals surface area contributed by atoms with Crippen LogP contribution in [0.1, 0.15) is 31.7 Å². The maximum atomic E-state index is 12.8. The number of anilines is 1. The summed E-state index contributed by atoms with van der Waals surface area (Å²) in [4.78, 5) is 23.7. The Kier molecular flexibility index (Phi) is 7.95. The molecule has 0 bridgehead atoms. The molecule has 28 heavy (non-hydrogen) atoms. The minimum atomic E-state index is -3.59. The van der Waals surface area contributed by atoms with Gasteiger partial charge in [0.05, 0.1) is 4.90 Å². The number of ether oxygens (including phenoxy) is 1. The van der Waals surface area contributed by atoms with E-state index in [9.17, 15) is 18.0 Å². The minimum absolute atomic E-state index is 0.140. The first-order valence-corrected chi connectivity index (χ1v) is 10.7. The van der Waals surface area contributed by atoms with Crippen LogP contribution in [0.2, 0.25) is 0 Å². The number of allylic oxidation sites excluding steroid dienone is 3. The molecule has 7 nitrogen and oxygen atoms in total. The summed E-state index contributed by atoms with van der Waals surface area (Å²) >= 11 is 0. The summed E-state index contributed by atoms with van der Waals surface area (Å²) in [6.07, 6.45) is 8.88. The normalized spacial score (nSPS) is 15.8. The van der Waals surface area contributed by atoms with E-state index >= 15 is 0 Å². The van der Waals surface area contributed by atoms with Gasteiger partial charge in [-0.15, -0.1) is 0 Å². The first-order valence-electron chi connectivity index (χ1n) is 9.21. The Morgan fingerprint density at radius 2 is 1.89 bits per heavy atom. The summed E-state index contributed by atoms with van der Waals surface area (Å²) < 4.78 is 31.9. The number of nitrogens with zero attached hydrogens (tertiary/aromatic N) is 1. The number of amides is 1. The SMILES string of the molecule is C/C=C/C=C/C(=O)OCC(=O)Nc1cc(S(=O)(=O)N2CCCCC2)ccc1C. The smallest absolute Gasteiger partial charge is 0.331 e. The fourth-order valence-corrected chi connectivity index (χ4v) is 4.31. The van der Waals surface area contributed by atoms with Crippen LogP contribution in [0, 0.1) is 6.92 Å². The Bertz CT molecular complexity index is 869. The van der Waals surface area contributed by atoms with Gasteiger partial charge in [0, 0.05) is 24.9 Å². The molecule has 1 aromatic rings. The number of carbonyl (C=O) groups excluding carboxylic acids is 2. The van der Waals surface area contributed by atoms with E-state index in [4.69, 9.17) is 4.74 Å². The van der Waals surface area contributed by atoms with E-state index in [0.717, 1.165) is 19.3 Å². The van der Waals surface area contributed by atoms with Crippen LogP contribution < -0.4 is 5.32 Å². The average Bonchev–Trinajstić information content (AvgIpc) is 2.69. The number of esters is 1. The molecule has 1 aliphatic heterocycles. The summed E-state index contributed by atoms with van der Waals surface area (Å²) in [6, 6.07) is 4.64. The van der Waals surface area contributed by atoms with Crippen molar-refractivity contribution >= 4 is 27.6 Å². The average molecular weight is 407 g/mol. The fourth-order valence-electron chi connectivity index (χ4n) is 2.77. The van der Waals surface area contributed by atoms with Crippen molar-refractivity contribution in [3.8, 4) is 0 Å². The molecule has 1 N–H and O–H groups in total. The number of sulfonamides is 1. The fraction of sp³-hybridized carbons (Fsp3) is 0.400. The lowest BCUT2D eigenvalue weighted by Crippen LogP contribution is -2.35. The van der Waals surface area contributed by atoms with Gasteiger partial charge in [-0.3, -0.25) is 4.79 Å². The van der Waals surface area contributed by atoms with E-state index in [0.29, 0.717) is 24.3 Å². The Morgan fingerprint density at radius 1 is 1.18 bits per heavy atom. The number of carbonyl (C=O) groups is 2. The molecule has 1 heterocycles. The second kappa shape index (κ2) is 10.2.